The fraction of sp³-hybridized carbons (Fsp3) is 0.286. The summed E-state index contributed by atoms with van der Waals surface area (Å²) in [5.41, 5.74) is 5.90. The van der Waals surface area contributed by atoms with Gasteiger partial charge in [0.1, 0.15) is 5.69 Å². The Morgan fingerprint density at radius 1 is 1.35 bits per heavy atom. The van der Waals surface area contributed by atoms with Crippen molar-refractivity contribution in [3.63, 3.8) is 0 Å². The van der Waals surface area contributed by atoms with Crippen molar-refractivity contribution >= 4 is 22.7 Å². The molecule has 6 heteroatoms. The molecule has 2 heterocycles. The number of aromatic amines is 1. The Bertz CT molecular complexity index is 640. The molecule has 0 spiro atoms. The van der Waals surface area contributed by atoms with Crippen molar-refractivity contribution in [2.75, 3.05) is 13.2 Å². The molecule has 2 amide bonds. The third kappa shape index (κ3) is 2.25. The second-order valence-corrected chi connectivity index (χ2v) is 5.14. The van der Waals surface area contributed by atoms with Crippen LogP contribution < -0.4 is 11.1 Å². The number of ether oxygens (including phenoxy) is 1. The van der Waals surface area contributed by atoms with E-state index in [-0.39, 0.29) is 12.3 Å². The maximum absolute atomic E-state index is 12.3. The summed E-state index contributed by atoms with van der Waals surface area (Å²) in [5.74, 6) is -0.712. The SMILES string of the molecule is NC(=O)CC1(NC(=O)c2cc3ccccc3[nH]2)COC1. The highest BCUT2D eigenvalue weighted by Crippen LogP contribution is 2.22. The normalized spacial score (nSPS) is 16.6. The van der Waals surface area contributed by atoms with E-state index in [1.807, 2.05) is 24.3 Å². The zero-order chi connectivity index (χ0) is 14.2. The summed E-state index contributed by atoms with van der Waals surface area (Å²) >= 11 is 0. The molecule has 0 radical (unpaired) electrons. The molecule has 104 valence electrons. The summed E-state index contributed by atoms with van der Waals surface area (Å²) in [4.78, 5) is 26.4. The fourth-order valence-electron chi connectivity index (χ4n) is 2.40. The average Bonchev–Trinajstić information content (AvgIpc) is 2.79. The van der Waals surface area contributed by atoms with E-state index in [2.05, 4.69) is 10.3 Å². The molecular weight excluding hydrogens is 258 g/mol. The van der Waals surface area contributed by atoms with Gasteiger partial charge in [-0.2, -0.15) is 0 Å². The van der Waals surface area contributed by atoms with Crippen molar-refractivity contribution in [2.45, 2.75) is 12.0 Å². The van der Waals surface area contributed by atoms with Gasteiger partial charge in [0, 0.05) is 10.9 Å². The maximum Gasteiger partial charge on any atom is 0.268 e. The molecule has 0 unspecified atom stereocenters. The smallest absolute Gasteiger partial charge is 0.268 e. The first-order chi connectivity index (χ1) is 9.58. The van der Waals surface area contributed by atoms with Crippen LogP contribution in [0.2, 0.25) is 0 Å². The molecule has 0 atom stereocenters. The van der Waals surface area contributed by atoms with Gasteiger partial charge >= 0.3 is 0 Å². The van der Waals surface area contributed by atoms with E-state index in [4.69, 9.17) is 10.5 Å². The number of primary amides is 1. The number of hydrogen-bond acceptors (Lipinski definition) is 3. The van der Waals surface area contributed by atoms with Gasteiger partial charge in [0.15, 0.2) is 0 Å². The number of hydrogen-bond donors (Lipinski definition) is 3. The molecule has 0 aliphatic carbocycles. The highest BCUT2D eigenvalue weighted by Gasteiger charge is 2.41. The number of nitrogens with two attached hydrogens (primary N) is 1. The molecule has 1 saturated heterocycles. The Labute approximate surface area is 115 Å². The number of nitrogens with one attached hydrogen (secondary N) is 2. The Morgan fingerprint density at radius 3 is 2.70 bits per heavy atom. The number of H-pyrrole nitrogens is 1. The molecule has 1 fully saturated rings. The highest BCUT2D eigenvalue weighted by atomic mass is 16.5. The lowest BCUT2D eigenvalue weighted by molar-refractivity contribution is -0.127. The number of rotatable bonds is 4. The summed E-state index contributed by atoms with van der Waals surface area (Å²) in [5, 5.41) is 3.81. The summed E-state index contributed by atoms with van der Waals surface area (Å²) in [6, 6.07) is 9.41. The number of benzene rings is 1. The lowest BCUT2D eigenvalue weighted by atomic mass is 9.92. The summed E-state index contributed by atoms with van der Waals surface area (Å²) in [6.07, 6.45) is 0.0823. The minimum Gasteiger partial charge on any atom is -0.376 e. The lowest BCUT2D eigenvalue weighted by Gasteiger charge is -2.41. The van der Waals surface area contributed by atoms with E-state index < -0.39 is 11.4 Å². The number of carbonyl (C=O) groups is 2. The third-order valence-electron chi connectivity index (χ3n) is 3.42. The first-order valence-electron chi connectivity index (χ1n) is 6.34. The van der Waals surface area contributed by atoms with E-state index in [0.717, 1.165) is 10.9 Å². The molecule has 1 aliphatic heterocycles. The monoisotopic (exact) mass is 273 g/mol. The Balaban J connectivity index is 1.80. The lowest BCUT2D eigenvalue weighted by Crippen LogP contribution is -2.63. The zero-order valence-electron chi connectivity index (χ0n) is 10.8. The minimum absolute atomic E-state index is 0.0823. The van der Waals surface area contributed by atoms with Gasteiger partial charge in [-0.15, -0.1) is 0 Å². The molecule has 4 N–H and O–H groups in total. The van der Waals surface area contributed by atoms with Gasteiger partial charge in [-0.1, -0.05) is 18.2 Å². The summed E-state index contributed by atoms with van der Waals surface area (Å²) in [7, 11) is 0. The molecule has 2 aromatic rings. The van der Waals surface area contributed by atoms with Crippen LogP contribution in [0.4, 0.5) is 0 Å². The molecule has 0 saturated carbocycles. The van der Waals surface area contributed by atoms with E-state index in [9.17, 15) is 9.59 Å². The van der Waals surface area contributed by atoms with Crippen molar-refractivity contribution in [2.24, 2.45) is 5.73 Å². The Morgan fingerprint density at radius 2 is 2.10 bits per heavy atom. The topological polar surface area (TPSA) is 97.2 Å². The zero-order valence-corrected chi connectivity index (χ0v) is 10.8. The number of carbonyl (C=O) groups excluding carboxylic acids is 2. The van der Waals surface area contributed by atoms with Crippen LogP contribution in [-0.2, 0) is 9.53 Å². The van der Waals surface area contributed by atoms with Crippen molar-refractivity contribution in [1.82, 2.24) is 10.3 Å². The molecule has 1 aromatic carbocycles. The Hall–Kier alpha value is -2.34. The second kappa shape index (κ2) is 4.64. The highest BCUT2D eigenvalue weighted by molar-refractivity contribution is 5.98. The molecule has 3 rings (SSSR count). The van der Waals surface area contributed by atoms with Crippen LogP contribution in [0.5, 0.6) is 0 Å². The number of aromatic nitrogens is 1. The van der Waals surface area contributed by atoms with Crippen molar-refractivity contribution in [3.8, 4) is 0 Å². The Kier molecular flexibility index (Phi) is 2.94. The first-order valence-corrected chi connectivity index (χ1v) is 6.34. The largest absolute Gasteiger partial charge is 0.376 e. The van der Waals surface area contributed by atoms with Crippen molar-refractivity contribution in [1.29, 1.82) is 0 Å². The standard InChI is InChI=1S/C14H15N3O3/c15-12(18)6-14(7-20-8-14)17-13(19)11-5-9-3-1-2-4-10(9)16-11/h1-5,16H,6-8H2,(H2,15,18)(H,17,19). The molecule has 1 aromatic heterocycles. The van der Waals surface area contributed by atoms with Gasteiger partial charge in [-0.25, -0.2) is 0 Å². The average molecular weight is 273 g/mol. The van der Waals surface area contributed by atoms with Gasteiger partial charge in [-0.05, 0) is 12.1 Å². The van der Waals surface area contributed by atoms with E-state index in [1.54, 1.807) is 6.07 Å². The van der Waals surface area contributed by atoms with Gasteiger partial charge in [-0.3, -0.25) is 9.59 Å². The predicted octanol–water partition coefficient (Wildman–Crippen LogP) is 0.542. The first kappa shape index (κ1) is 12.7. The number of para-hydroxylation sites is 1. The van der Waals surface area contributed by atoms with Crippen LogP contribution >= 0.6 is 0 Å². The number of fused-ring (bicyclic) bond motifs is 1. The van der Waals surface area contributed by atoms with Crippen LogP contribution in [0.1, 0.15) is 16.9 Å². The van der Waals surface area contributed by atoms with Crippen molar-refractivity contribution < 1.29 is 14.3 Å². The molecule has 20 heavy (non-hydrogen) atoms. The molecule has 0 bridgehead atoms. The fourth-order valence-corrected chi connectivity index (χ4v) is 2.40. The van der Waals surface area contributed by atoms with Crippen LogP contribution in [0.3, 0.4) is 0 Å². The van der Waals surface area contributed by atoms with E-state index in [1.165, 1.54) is 0 Å². The minimum atomic E-state index is -0.666. The van der Waals surface area contributed by atoms with Crippen LogP contribution in [-0.4, -0.2) is 35.6 Å². The van der Waals surface area contributed by atoms with Gasteiger partial charge in [0.25, 0.3) is 5.91 Å². The summed E-state index contributed by atoms with van der Waals surface area (Å²) in [6.45, 7) is 0.615. The maximum atomic E-state index is 12.3. The van der Waals surface area contributed by atoms with Crippen LogP contribution in [0.25, 0.3) is 10.9 Å². The second-order valence-electron chi connectivity index (χ2n) is 5.14. The van der Waals surface area contributed by atoms with E-state index >= 15 is 0 Å². The quantitative estimate of drug-likeness (QED) is 0.758. The van der Waals surface area contributed by atoms with Crippen LogP contribution in [0.15, 0.2) is 30.3 Å². The summed E-state index contributed by atoms with van der Waals surface area (Å²) < 4.78 is 5.10. The van der Waals surface area contributed by atoms with E-state index in [0.29, 0.717) is 18.9 Å². The molecule has 1 aliphatic rings. The predicted molar refractivity (Wildman–Crippen MR) is 73.1 cm³/mol. The van der Waals surface area contributed by atoms with Gasteiger partial charge in [0.05, 0.1) is 25.2 Å². The van der Waals surface area contributed by atoms with Crippen LogP contribution in [0, 0.1) is 0 Å². The van der Waals surface area contributed by atoms with Gasteiger partial charge in [0.2, 0.25) is 5.91 Å². The number of amides is 2. The molecule has 6 nitrogen and oxygen atoms in total. The third-order valence-corrected chi connectivity index (χ3v) is 3.42. The van der Waals surface area contributed by atoms with Crippen molar-refractivity contribution in [3.05, 3.63) is 36.0 Å². The molecular formula is C14H15N3O3. The van der Waals surface area contributed by atoms with Gasteiger partial charge < -0.3 is 20.8 Å².